The Hall–Kier alpha value is -0.650. The van der Waals surface area contributed by atoms with Gasteiger partial charge < -0.3 is 19.9 Å². The van der Waals surface area contributed by atoms with E-state index in [0.29, 0.717) is 13.1 Å². The molecule has 2 atom stereocenters. The zero-order valence-electron chi connectivity index (χ0n) is 7.82. The van der Waals surface area contributed by atoms with Crippen molar-refractivity contribution in [2.24, 2.45) is 11.8 Å². The number of carboxylic acid groups (broad SMARTS) is 1. The van der Waals surface area contributed by atoms with Gasteiger partial charge in [0.15, 0.2) is 6.29 Å². The highest BCUT2D eigenvalue weighted by Crippen LogP contribution is 2.22. The second-order valence-corrected chi connectivity index (χ2v) is 3.11. The fourth-order valence-corrected chi connectivity index (χ4v) is 1.70. The summed E-state index contributed by atoms with van der Waals surface area (Å²) in [6.45, 7) is 1.12. The number of nitrogens with one attached hydrogen (secondary N) is 1. The minimum Gasteiger partial charge on any atom is -0.481 e. The summed E-state index contributed by atoms with van der Waals surface area (Å²) in [5.74, 6) is -1.31. The van der Waals surface area contributed by atoms with Crippen molar-refractivity contribution in [3.05, 3.63) is 0 Å². The number of carboxylic acids is 1. The molecule has 0 aromatic carbocycles. The van der Waals surface area contributed by atoms with Gasteiger partial charge in [-0.3, -0.25) is 4.79 Å². The number of aliphatic carboxylic acids is 1. The molecule has 0 aromatic heterocycles. The van der Waals surface area contributed by atoms with Crippen LogP contribution in [0.5, 0.6) is 0 Å². The van der Waals surface area contributed by atoms with Gasteiger partial charge in [0, 0.05) is 33.2 Å². The fraction of sp³-hybridized carbons (Fsp3) is 0.875. The van der Waals surface area contributed by atoms with E-state index in [1.165, 1.54) is 14.2 Å². The maximum absolute atomic E-state index is 10.8. The van der Waals surface area contributed by atoms with Gasteiger partial charge in [-0.2, -0.15) is 0 Å². The highest BCUT2D eigenvalue weighted by Gasteiger charge is 2.38. The minimum atomic E-state index is -0.797. The molecule has 5 heteroatoms. The minimum absolute atomic E-state index is 0.104. The van der Waals surface area contributed by atoms with Gasteiger partial charge in [-0.05, 0) is 0 Å². The molecule has 1 heterocycles. The highest BCUT2D eigenvalue weighted by atomic mass is 16.7. The van der Waals surface area contributed by atoms with E-state index in [1.807, 2.05) is 0 Å². The van der Waals surface area contributed by atoms with Gasteiger partial charge in [0.25, 0.3) is 0 Å². The molecule has 0 spiro atoms. The number of carbonyl (C=O) groups is 1. The van der Waals surface area contributed by atoms with Crippen LogP contribution in [0.25, 0.3) is 0 Å². The van der Waals surface area contributed by atoms with Crippen LogP contribution in [0.3, 0.4) is 0 Å². The van der Waals surface area contributed by atoms with E-state index in [2.05, 4.69) is 5.32 Å². The molecule has 2 N–H and O–H groups in total. The first-order chi connectivity index (χ1) is 6.20. The predicted octanol–water partition coefficient (Wildman–Crippen LogP) is -0.474. The van der Waals surface area contributed by atoms with Crippen molar-refractivity contribution in [1.29, 1.82) is 0 Å². The van der Waals surface area contributed by atoms with Gasteiger partial charge in [0.1, 0.15) is 0 Å². The van der Waals surface area contributed by atoms with Crippen molar-refractivity contribution >= 4 is 5.97 Å². The van der Waals surface area contributed by atoms with Crippen LogP contribution in [-0.2, 0) is 14.3 Å². The average molecular weight is 189 g/mol. The number of rotatable bonds is 4. The van der Waals surface area contributed by atoms with Crippen LogP contribution in [0.4, 0.5) is 0 Å². The van der Waals surface area contributed by atoms with Gasteiger partial charge >= 0.3 is 5.97 Å². The molecular formula is C8H15NO4. The summed E-state index contributed by atoms with van der Waals surface area (Å²) in [5, 5.41) is 11.9. The Kier molecular flexibility index (Phi) is 3.65. The third-order valence-electron chi connectivity index (χ3n) is 2.39. The Morgan fingerprint density at radius 2 is 2.08 bits per heavy atom. The van der Waals surface area contributed by atoms with Gasteiger partial charge in [-0.1, -0.05) is 0 Å². The van der Waals surface area contributed by atoms with Crippen LogP contribution >= 0.6 is 0 Å². The molecule has 0 bridgehead atoms. The molecule has 1 saturated heterocycles. The molecule has 1 fully saturated rings. The molecule has 76 valence electrons. The van der Waals surface area contributed by atoms with E-state index in [4.69, 9.17) is 14.6 Å². The topological polar surface area (TPSA) is 67.8 Å². The van der Waals surface area contributed by atoms with Crippen molar-refractivity contribution < 1.29 is 19.4 Å². The van der Waals surface area contributed by atoms with E-state index in [0.717, 1.165) is 0 Å². The normalized spacial score (nSPS) is 28.2. The van der Waals surface area contributed by atoms with Crippen molar-refractivity contribution in [3.8, 4) is 0 Å². The monoisotopic (exact) mass is 189 g/mol. The zero-order chi connectivity index (χ0) is 9.84. The second kappa shape index (κ2) is 4.55. The Morgan fingerprint density at radius 1 is 1.46 bits per heavy atom. The molecule has 0 aliphatic carbocycles. The molecule has 1 aliphatic rings. The van der Waals surface area contributed by atoms with Crippen LogP contribution in [0, 0.1) is 11.8 Å². The van der Waals surface area contributed by atoms with Crippen LogP contribution in [0.1, 0.15) is 0 Å². The first-order valence-corrected chi connectivity index (χ1v) is 4.19. The Bertz CT molecular complexity index is 181. The average Bonchev–Trinajstić information content (AvgIpc) is 2.55. The van der Waals surface area contributed by atoms with Crippen LogP contribution < -0.4 is 5.32 Å². The molecule has 5 nitrogen and oxygen atoms in total. The fourth-order valence-electron chi connectivity index (χ4n) is 1.70. The van der Waals surface area contributed by atoms with E-state index < -0.39 is 18.2 Å². The number of methoxy groups -OCH3 is 2. The molecule has 0 saturated carbocycles. The van der Waals surface area contributed by atoms with Crippen molar-refractivity contribution in [2.45, 2.75) is 6.29 Å². The third kappa shape index (κ3) is 2.18. The molecule has 1 rings (SSSR count). The lowest BCUT2D eigenvalue weighted by molar-refractivity contribution is -0.161. The van der Waals surface area contributed by atoms with Crippen molar-refractivity contribution in [3.63, 3.8) is 0 Å². The Labute approximate surface area is 77.0 Å². The van der Waals surface area contributed by atoms with Gasteiger partial charge in [-0.25, -0.2) is 0 Å². The number of hydrogen-bond donors (Lipinski definition) is 2. The van der Waals surface area contributed by atoms with Gasteiger partial charge in [-0.15, -0.1) is 0 Å². The lowest BCUT2D eigenvalue weighted by Crippen LogP contribution is -2.34. The molecule has 0 radical (unpaired) electrons. The number of ether oxygens (including phenoxy) is 2. The Morgan fingerprint density at radius 3 is 2.54 bits per heavy atom. The zero-order valence-corrected chi connectivity index (χ0v) is 7.82. The lowest BCUT2D eigenvalue weighted by Gasteiger charge is -2.22. The van der Waals surface area contributed by atoms with Gasteiger partial charge in [0.2, 0.25) is 0 Å². The van der Waals surface area contributed by atoms with Crippen molar-refractivity contribution in [2.75, 3.05) is 27.3 Å². The summed E-state index contributed by atoms with van der Waals surface area (Å²) in [4.78, 5) is 10.8. The summed E-state index contributed by atoms with van der Waals surface area (Å²) in [6, 6.07) is 0. The SMILES string of the molecule is COC(OC)[C@@H]1CNC[C@H]1C(=O)O. The lowest BCUT2D eigenvalue weighted by atomic mass is 9.95. The smallest absolute Gasteiger partial charge is 0.308 e. The summed E-state index contributed by atoms with van der Waals surface area (Å²) >= 11 is 0. The summed E-state index contributed by atoms with van der Waals surface area (Å²) in [5.41, 5.74) is 0. The van der Waals surface area contributed by atoms with E-state index in [9.17, 15) is 4.79 Å². The molecule has 1 aliphatic heterocycles. The number of hydrogen-bond acceptors (Lipinski definition) is 4. The van der Waals surface area contributed by atoms with Gasteiger partial charge in [0.05, 0.1) is 5.92 Å². The summed E-state index contributed by atoms with van der Waals surface area (Å²) in [7, 11) is 3.04. The molecule has 0 unspecified atom stereocenters. The second-order valence-electron chi connectivity index (χ2n) is 3.11. The maximum Gasteiger partial charge on any atom is 0.308 e. The molecule has 0 amide bonds. The molecule has 13 heavy (non-hydrogen) atoms. The highest BCUT2D eigenvalue weighted by molar-refractivity contribution is 5.71. The largest absolute Gasteiger partial charge is 0.481 e. The standard InChI is InChI=1S/C8H15NO4/c1-12-8(13-2)6-4-9-3-5(6)7(10)11/h5-6,8-9H,3-4H2,1-2H3,(H,10,11)/t5-,6-/m1/s1. The summed E-state index contributed by atoms with van der Waals surface area (Å²) < 4.78 is 10.1. The van der Waals surface area contributed by atoms with Crippen LogP contribution in [-0.4, -0.2) is 44.7 Å². The first-order valence-electron chi connectivity index (χ1n) is 4.19. The third-order valence-corrected chi connectivity index (χ3v) is 2.39. The first kappa shape index (κ1) is 10.4. The van der Waals surface area contributed by atoms with E-state index >= 15 is 0 Å². The Balaban J connectivity index is 2.61. The van der Waals surface area contributed by atoms with Crippen molar-refractivity contribution in [1.82, 2.24) is 5.32 Å². The van der Waals surface area contributed by atoms with Crippen LogP contribution in [0.15, 0.2) is 0 Å². The molecule has 0 aromatic rings. The van der Waals surface area contributed by atoms with E-state index in [-0.39, 0.29) is 5.92 Å². The van der Waals surface area contributed by atoms with Crippen LogP contribution in [0.2, 0.25) is 0 Å². The summed E-state index contributed by atoms with van der Waals surface area (Å²) in [6.07, 6.45) is -0.434. The maximum atomic E-state index is 10.8. The molecular weight excluding hydrogens is 174 g/mol. The van der Waals surface area contributed by atoms with E-state index in [1.54, 1.807) is 0 Å². The predicted molar refractivity (Wildman–Crippen MR) is 45.3 cm³/mol. The quantitative estimate of drug-likeness (QED) is 0.585.